The summed E-state index contributed by atoms with van der Waals surface area (Å²) < 4.78 is 5.68. The number of rotatable bonds is 2. The molecule has 4 heteroatoms. The topological polar surface area (TPSA) is 55.0 Å². The molecule has 0 atom stereocenters. The van der Waals surface area contributed by atoms with Gasteiger partial charge in [-0.05, 0) is 49.1 Å². The van der Waals surface area contributed by atoms with Crippen LogP contribution in [-0.2, 0) is 6.42 Å². The molecular formula is C18H16N2O2. The second kappa shape index (κ2) is 4.98. The van der Waals surface area contributed by atoms with Crippen LogP contribution < -0.4 is 4.74 Å². The monoisotopic (exact) mass is 292 g/mol. The molecule has 0 amide bonds. The van der Waals surface area contributed by atoms with Gasteiger partial charge in [0.2, 0.25) is 0 Å². The average Bonchev–Trinajstić information content (AvgIpc) is 3.00. The van der Waals surface area contributed by atoms with Gasteiger partial charge in [-0.1, -0.05) is 6.07 Å². The second-order valence-corrected chi connectivity index (χ2v) is 5.62. The predicted molar refractivity (Wildman–Crippen MR) is 85.5 cm³/mol. The molecule has 1 N–H and O–H groups in total. The number of hydrogen-bond acceptors (Lipinski definition) is 3. The molecule has 0 unspecified atom stereocenters. The summed E-state index contributed by atoms with van der Waals surface area (Å²) in [7, 11) is 0. The first-order valence-electron chi connectivity index (χ1n) is 7.47. The number of pyridine rings is 1. The number of H-pyrrole nitrogens is 1. The van der Waals surface area contributed by atoms with Crippen molar-refractivity contribution in [1.29, 1.82) is 0 Å². The first kappa shape index (κ1) is 13.1. The van der Waals surface area contributed by atoms with Crippen molar-refractivity contribution in [3.05, 3.63) is 47.3 Å². The van der Waals surface area contributed by atoms with E-state index in [1.807, 2.05) is 31.3 Å². The van der Waals surface area contributed by atoms with Gasteiger partial charge in [-0.2, -0.15) is 0 Å². The number of ether oxygens (including phenoxy) is 1. The highest BCUT2D eigenvalue weighted by Crippen LogP contribution is 2.35. The molecule has 0 spiro atoms. The Hall–Kier alpha value is -2.62. The first-order chi connectivity index (χ1) is 10.8. The van der Waals surface area contributed by atoms with Crippen LogP contribution in [0.25, 0.3) is 22.2 Å². The molecule has 0 saturated carbocycles. The van der Waals surface area contributed by atoms with E-state index in [1.54, 1.807) is 0 Å². The third kappa shape index (κ3) is 1.91. The zero-order chi connectivity index (χ0) is 15.1. The largest absolute Gasteiger partial charge is 0.493 e. The number of aldehydes is 1. The Kier molecular flexibility index (Phi) is 2.96. The van der Waals surface area contributed by atoms with Gasteiger partial charge >= 0.3 is 0 Å². The maximum atomic E-state index is 11.6. The number of aryl methyl sites for hydroxylation is 2. The summed E-state index contributed by atoms with van der Waals surface area (Å²) in [6.07, 6.45) is 4.81. The third-order valence-corrected chi connectivity index (χ3v) is 4.25. The van der Waals surface area contributed by atoms with E-state index in [1.165, 1.54) is 5.56 Å². The van der Waals surface area contributed by atoms with Crippen molar-refractivity contribution in [3.63, 3.8) is 0 Å². The normalized spacial score (nSPS) is 13.7. The number of fused-ring (bicyclic) bond motifs is 2. The lowest BCUT2D eigenvalue weighted by Gasteiger charge is -2.18. The molecular weight excluding hydrogens is 276 g/mol. The zero-order valence-electron chi connectivity index (χ0n) is 12.3. The van der Waals surface area contributed by atoms with Crippen LogP contribution in [0.1, 0.15) is 28.0 Å². The molecule has 0 saturated heterocycles. The quantitative estimate of drug-likeness (QED) is 0.733. The maximum Gasteiger partial charge on any atom is 0.152 e. The number of nitrogens with zero attached hydrogens (tertiary/aromatic N) is 1. The Labute approximate surface area is 128 Å². The number of aromatic nitrogens is 2. The highest BCUT2D eigenvalue weighted by Gasteiger charge is 2.17. The average molecular weight is 292 g/mol. The summed E-state index contributed by atoms with van der Waals surface area (Å²) in [6.45, 7) is 2.65. The molecule has 0 aliphatic carbocycles. The van der Waals surface area contributed by atoms with Crippen molar-refractivity contribution in [1.82, 2.24) is 9.97 Å². The van der Waals surface area contributed by atoms with E-state index < -0.39 is 0 Å². The Bertz CT molecular complexity index is 880. The molecule has 22 heavy (non-hydrogen) atoms. The van der Waals surface area contributed by atoms with Crippen LogP contribution in [0.4, 0.5) is 0 Å². The van der Waals surface area contributed by atoms with Crippen molar-refractivity contribution in [2.45, 2.75) is 19.8 Å². The Morgan fingerprint density at radius 3 is 3.09 bits per heavy atom. The minimum absolute atomic E-state index is 0.656. The van der Waals surface area contributed by atoms with E-state index in [2.05, 4.69) is 16.0 Å². The smallest absolute Gasteiger partial charge is 0.152 e. The van der Waals surface area contributed by atoms with Gasteiger partial charge in [-0.25, -0.2) is 4.98 Å². The van der Waals surface area contributed by atoms with Crippen LogP contribution in [0.5, 0.6) is 5.75 Å². The lowest BCUT2D eigenvalue weighted by Crippen LogP contribution is -2.08. The van der Waals surface area contributed by atoms with Crippen molar-refractivity contribution >= 4 is 17.3 Å². The van der Waals surface area contributed by atoms with E-state index in [9.17, 15) is 4.79 Å². The predicted octanol–water partition coefficient (Wildman–Crippen LogP) is 3.68. The standard InChI is InChI=1S/C18H16N2O2/c1-11-15(10-21)17(14-6-7-19-18(14)20-11)13-4-5-16-12(9-13)3-2-8-22-16/h4-7,9-10H,2-3,8H2,1H3,(H,19,20). The van der Waals surface area contributed by atoms with Crippen LogP contribution in [0.2, 0.25) is 0 Å². The molecule has 4 nitrogen and oxygen atoms in total. The van der Waals surface area contributed by atoms with Gasteiger partial charge in [0.1, 0.15) is 11.4 Å². The van der Waals surface area contributed by atoms with E-state index >= 15 is 0 Å². The summed E-state index contributed by atoms with van der Waals surface area (Å²) in [5.41, 5.74) is 5.41. The summed E-state index contributed by atoms with van der Waals surface area (Å²) in [5, 5.41) is 0.976. The number of carbonyl (C=O) groups is 1. The highest BCUT2D eigenvalue weighted by molar-refractivity contribution is 6.02. The highest BCUT2D eigenvalue weighted by atomic mass is 16.5. The molecule has 0 fully saturated rings. The zero-order valence-corrected chi connectivity index (χ0v) is 12.3. The van der Waals surface area contributed by atoms with Gasteiger partial charge in [0, 0.05) is 22.7 Å². The van der Waals surface area contributed by atoms with Crippen molar-refractivity contribution in [2.75, 3.05) is 6.61 Å². The van der Waals surface area contributed by atoms with Crippen molar-refractivity contribution in [3.8, 4) is 16.9 Å². The van der Waals surface area contributed by atoms with Gasteiger partial charge in [-0.3, -0.25) is 4.79 Å². The van der Waals surface area contributed by atoms with Gasteiger partial charge in [0.15, 0.2) is 6.29 Å². The summed E-state index contributed by atoms with van der Waals surface area (Å²) in [6, 6.07) is 8.15. The molecule has 3 heterocycles. The molecule has 110 valence electrons. The fourth-order valence-electron chi connectivity index (χ4n) is 3.18. The van der Waals surface area contributed by atoms with E-state index in [-0.39, 0.29) is 0 Å². The number of benzene rings is 1. The maximum absolute atomic E-state index is 11.6. The lowest BCUT2D eigenvalue weighted by atomic mass is 9.94. The summed E-state index contributed by atoms with van der Waals surface area (Å²) >= 11 is 0. The van der Waals surface area contributed by atoms with Gasteiger partial charge in [0.25, 0.3) is 0 Å². The second-order valence-electron chi connectivity index (χ2n) is 5.62. The van der Waals surface area contributed by atoms with Crippen molar-refractivity contribution < 1.29 is 9.53 Å². The Morgan fingerprint density at radius 1 is 1.32 bits per heavy atom. The molecule has 0 radical (unpaired) electrons. The number of nitrogens with one attached hydrogen (secondary N) is 1. The van der Waals surface area contributed by atoms with Crippen LogP contribution in [0.15, 0.2) is 30.5 Å². The van der Waals surface area contributed by atoms with Gasteiger partial charge < -0.3 is 9.72 Å². The van der Waals surface area contributed by atoms with E-state index in [4.69, 9.17) is 4.74 Å². The van der Waals surface area contributed by atoms with Crippen LogP contribution >= 0.6 is 0 Å². The summed E-state index contributed by atoms with van der Waals surface area (Å²) in [4.78, 5) is 19.2. The van der Waals surface area contributed by atoms with Gasteiger partial charge in [-0.15, -0.1) is 0 Å². The number of hydrogen-bond donors (Lipinski definition) is 1. The molecule has 1 aliphatic heterocycles. The van der Waals surface area contributed by atoms with Gasteiger partial charge in [0.05, 0.1) is 12.3 Å². The Balaban J connectivity index is 2.00. The molecule has 4 rings (SSSR count). The fraction of sp³-hybridized carbons (Fsp3) is 0.222. The minimum atomic E-state index is 0.656. The third-order valence-electron chi connectivity index (χ3n) is 4.25. The number of carbonyl (C=O) groups excluding carboxylic acids is 1. The van der Waals surface area contributed by atoms with Crippen LogP contribution in [-0.4, -0.2) is 22.9 Å². The first-order valence-corrected chi connectivity index (χ1v) is 7.47. The van der Waals surface area contributed by atoms with Crippen LogP contribution in [0.3, 0.4) is 0 Å². The van der Waals surface area contributed by atoms with E-state index in [0.717, 1.165) is 59.3 Å². The fourth-order valence-corrected chi connectivity index (χ4v) is 3.18. The Morgan fingerprint density at radius 2 is 2.23 bits per heavy atom. The molecule has 1 aliphatic rings. The van der Waals surface area contributed by atoms with Crippen molar-refractivity contribution in [2.24, 2.45) is 0 Å². The van der Waals surface area contributed by atoms with E-state index in [0.29, 0.717) is 5.56 Å². The van der Waals surface area contributed by atoms with Crippen LogP contribution in [0, 0.1) is 6.92 Å². The summed E-state index contributed by atoms with van der Waals surface area (Å²) in [5.74, 6) is 0.957. The SMILES string of the molecule is Cc1nc2[nH]ccc2c(-c2ccc3c(c2)CCCO3)c1C=O. The minimum Gasteiger partial charge on any atom is -0.493 e. The lowest BCUT2D eigenvalue weighted by molar-refractivity contribution is 0.112. The molecule has 3 aromatic rings. The molecule has 2 aromatic heterocycles. The molecule has 0 bridgehead atoms. The molecule has 1 aromatic carbocycles. The number of aromatic amines is 1.